The average molecular weight is 378 g/mol. The van der Waals surface area contributed by atoms with Crippen LogP contribution < -0.4 is 16.6 Å². The van der Waals surface area contributed by atoms with Crippen LogP contribution in [0.15, 0.2) is 11.1 Å². The number of hydrogen-bond acceptors (Lipinski definition) is 5. The number of nitrogens with zero attached hydrogens (tertiary/aromatic N) is 1. The molecule has 1 aliphatic carbocycles. The van der Waals surface area contributed by atoms with Gasteiger partial charge < -0.3 is 20.8 Å². The summed E-state index contributed by atoms with van der Waals surface area (Å²) in [6.45, 7) is 1.26. The van der Waals surface area contributed by atoms with Crippen LogP contribution in [0.4, 0.5) is 5.82 Å². The van der Waals surface area contributed by atoms with Crippen molar-refractivity contribution < 1.29 is 4.74 Å². The molecular formula is C12H19IN4O2. The zero-order valence-electron chi connectivity index (χ0n) is 10.7. The van der Waals surface area contributed by atoms with Gasteiger partial charge in [0.25, 0.3) is 5.56 Å². The number of anilines is 1. The molecule has 1 aromatic heterocycles. The third-order valence-electron chi connectivity index (χ3n) is 3.26. The predicted molar refractivity (Wildman–Crippen MR) is 82.2 cm³/mol. The minimum absolute atomic E-state index is 0.125. The molecule has 1 aliphatic rings. The van der Waals surface area contributed by atoms with Gasteiger partial charge in [-0.2, -0.15) is 0 Å². The second-order valence-corrected chi connectivity index (χ2v) is 5.81. The van der Waals surface area contributed by atoms with Crippen LogP contribution in [0.2, 0.25) is 0 Å². The second-order valence-electron chi connectivity index (χ2n) is 4.73. The molecule has 106 valence electrons. The molecule has 0 atom stereocenters. The smallest absolute Gasteiger partial charge is 0.266 e. The topological polar surface area (TPSA) is 93.0 Å². The lowest BCUT2D eigenvalue weighted by Crippen LogP contribution is -2.31. The molecule has 19 heavy (non-hydrogen) atoms. The van der Waals surface area contributed by atoms with Gasteiger partial charge in [0.1, 0.15) is 9.39 Å². The van der Waals surface area contributed by atoms with E-state index in [-0.39, 0.29) is 5.56 Å². The predicted octanol–water partition coefficient (Wildman–Crippen LogP) is 1.07. The van der Waals surface area contributed by atoms with E-state index in [1.54, 1.807) is 0 Å². The van der Waals surface area contributed by atoms with Crippen molar-refractivity contribution in [2.24, 2.45) is 5.73 Å². The highest BCUT2D eigenvalue weighted by molar-refractivity contribution is 14.1. The normalized spacial score (nSPS) is 23.3. The van der Waals surface area contributed by atoms with Crippen LogP contribution in [-0.2, 0) is 4.74 Å². The third kappa shape index (κ3) is 4.43. The largest absolute Gasteiger partial charge is 0.376 e. The van der Waals surface area contributed by atoms with Crippen LogP contribution in [-0.4, -0.2) is 35.3 Å². The summed E-state index contributed by atoms with van der Waals surface area (Å²) in [6.07, 6.45) is 5.91. The summed E-state index contributed by atoms with van der Waals surface area (Å²) in [6, 6.07) is 0.347. The van der Waals surface area contributed by atoms with E-state index in [9.17, 15) is 4.79 Å². The Bertz CT molecular complexity index is 457. The lowest BCUT2D eigenvalue weighted by atomic mass is 9.94. The van der Waals surface area contributed by atoms with Crippen LogP contribution >= 0.6 is 22.6 Å². The van der Waals surface area contributed by atoms with Crippen LogP contribution in [0.1, 0.15) is 25.7 Å². The van der Waals surface area contributed by atoms with Crippen LogP contribution in [0.3, 0.4) is 0 Å². The molecular weight excluding hydrogens is 359 g/mol. The Hall–Kier alpha value is -0.670. The summed E-state index contributed by atoms with van der Waals surface area (Å²) in [5, 5.41) is 3.11. The second kappa shape index (κ2) is 7.20. The van der Waals surface area contributed by atoms with Crippen molar-refractivity contribution in [2.75, 3.05) is 18.5 Å². The first-order chi connectivity index (χ1) is 9.16. The number of H-pyrrole nitrogens is 1. The van der Waals surface area contributed by atoms with Gasteiger partial charge in [-0.15, -0.1) is 0 Å². The maximum atomic E-state index is 11.4. The van der Waals surface area contributed by atoms with E-state index < -0.39 is 0 Å². The molecule has 6 nitrogen and oxygen atoms in total. The maximum absolute atomic E-state index is 11.4. The number of nitrogens with two attached hydrogens (primary N) is 1. The van der Waals surface area contributed by atoms with E-state index >= 15 is 0 Å². The van der Waals surface area contributed by atoms with Gasteiger partial charge in [0.15, 0.2) is 0 Å². The molecule has 7 heteroatoms. The summed E-state index contributed by atoms with van der Waals surface area (Å²) in [4.78, 5) is 18.0. The lowest BCUT2D eigenvalue weighted by molar-refractivity contribution is 0.0313. The first-order valence-corrected chi connectivity index (χ1v) is 7.59. The van der Waals surface area contributed by atoms with Gasteiger partial charge in [-0.1, -0.05) is 0 Å². The number of halogens is 1. The number of rotatable bonds is 5. The number of nitrogens with one attached hydrogen (secondary N) is 2. The zero-order valence-corrected chi connectivity index (χ0v) is 12.9. The van der Waals surface area contributed by atoms with Gasteiger partial charge in [0.2, 0.25) is 0 Å². The van der Waals surface area contributed by atoms with E-state index in [0.29, 0.717) is 34.7 Å². The highest BCUT2D eigenvalue weighted by Gasteiger charge is 2.18. The highest BCUT2D eigenvalue weighted by atomic mass is 127. The molecule has 0 aromatic carbocycles. The highest BCUT2D eigenvalue weighted by Crippen LogP contribution is 2.19. The molecule has 0 amide bonds. The number of ether oxygens (including phenoxy) is 1. The summed E-state index contributed by atoms with van der Waals surface area (Å²) in [7, 11) is 0. The van der Waals surface area contributed by atoms with Crippen molar-refractivity contribution in [3.63, 3.8) is 0 Å². The van der Waals surface area contributed by atoms with Crippen molar-refractivity contribution in [2.45, 2.75) is 37.8 Å². The Kier molecular flexibility index (Phi) is 5.59. The van der Waals surface area contributed by atoms with Crippen molar-refractivity contribution >= 4 is 28.4 Å². The van der Waals surface area contributed by atoms with Gasteiger partial charge in [0.05, 0.1) is 19.0 Å². The molecule has 1 aromatic rings. The fraction of sp³-hybridized carbons (Fsp3) is 0.667. The fourth-order valence-electron chi connectivity index (χ4n) is 2.16. The zero-order chi connectivity index (χ0) is 13.7. The Morgan fingerprint density at radius 2 is 2.21 bits per heavy atom. The van der Waals surface area contributed by atoms with E-state index in [1.165, 1.54) is 6.33 Å². The van der Waals surface area contributed by atoms with E-state index in [1.807, 2.05) is 22.6 Å². The molecule has 0 aliphatic heterocycles. The number of aromatic amines is 1. The first kappa shape index (κ1) is 14.7. The standard InChI is InChI=1S/C12H19IN4O2/c13-10-11(16-7-17-12(10)18)15-5-6-19-9-3-1-8(14)2-4-9/h7-9H,1-6,14H2,(H2,15,16,17,18). The van der Waals surface area contributed by atoms with Gasteiger partial charge in [-0.3, -0.25) is 4.79 Å². The maximum Gasteiger partial charge on any atom is 0.266 e. The van der Waals surface area contributed by atoms with Gasteiger partial charge in [-0.25, -0.2) is 4.98 Å². The molecule has 1 fully saturated rings. The molecule has 0 bridgehead atoms. The quantitative estimate of drug-likeness (QED) is 0.527. The van der Waals surface area contributed by atoms with Crippen molar-refractivity contribution in [1.29, 1.82) is 0 Å². The summed E-state index contributed by atoms with van der Waals surface area (Å²) in [5.74, 6) is 0.610. The lowest BCUT2D eigenvalue weighted by Gasteiger charge is -2.26. The van der Waals surface area contributed by atoms with E-state index in [2.05, 4.69) is 15.3 Å². The van der Waals surface area contributed by atoms with Crippen LogP contribution in [0.5, 0.6) is 0 Å². The monoisotopic (exact) mass is 378 g/mol. The third-order valence-corrected chi connectivity index (χ3v) is 4.26. The summed E-state index contributed by atoms with van der Waals surface area (Å²) >= 11 is 1.98. The van der Waals surface area contributed by atoms with Gasteiger partial charge in [0, 0.05) is 12.6 Å². The van der Waals surface area contributed by atoms with Crippen molar-refractivity contribution in [3.8, 4) is 0 Å². The number of aromatic nitrogens is 2. The minimum Gasteiger partial charge on any atom is -0.376 e. The fourth-order valence-corrected chi connectivity index (χ4v) is 2.64. The number of hydrogen-bond donors (Lipinski definition) is 3. The van der Waals surface area contributed by atoms with Gasteiger partial charge >= 0.3 is 0 Å². The molecule has 0 spiro atoms. The van der Waals surface area contributed by atoms with Crippen molar-refractivity contribution in [1.82, 2.24) is 9.97 Å². The van der Waals surface area contributed by atoms with Crippen molar-refractivity contribution in [3.05, 3.63) is 20.3 Å². The van der Waals surface area contributed by atoms with Crippen LogP contribution in [0, 0.1) is 3.57 Å². The molecule has 1 saturated carbocycles. The molecule has 4 N–H and O–H groups in total. The molecule has 0 unspecified atom stereocenters. The SMILES string of the molecule is NC1CCC(OCCNc2nc[nH]c(=O)c2I)CC1. The summed E-state index contributed by atoms with van der Waals surface area (Å²) < 4.78 is 6.36. The molecule has 1 heterocycles. The van der Waals surface area contributed by atoms with Crippen LogP contribution in [0.25, 0.3) is 0 Å². The summed E-state index contributed by atoms with van der Waals surface area (Å²) in [5.41, 5.74) is 5.72. The molecule has 0 radical (unpaired) electrons. The molecule has 0 saturated heterocycles. The Morgan fingerprint density at radius 3 is 2.95 bits per heavy atom. The van der Waals surface area contributed by atoms with E-state index in [0.717, 1.165) is 25.7 Å². The Balaban J connectivity index is 1.69. The first-order valence-electron chi connectivity index (χ1n) is 6.51. The van der Waals surface area contributed by atoms with Gasteiger partial charge in [-0.05, 0) is 48.3 Å². The molecule has 2 rings (SSSR count). The minimum atomic E-state index is -0.125. The Labute approximate surface area is 125 Å². The average Bonchev–Trinajstić information content (AvgIpc) is 2.41. The Morgan fingerprint density at radius 1 is 1.47 bits per heavy atom. The van der Waals surface area contributed by atoms with E-state index in [4.69, 9.17) is 10.5 Å².